The fourth-order valence-corrected chi connectivity index (χ4v) is 3.41. The van der Waals surface area contributed by atoms with Gasteiger partial charge < -0.3 is 10.0 Å². The summed E-state index contributed by atoms with van der Waals surface area (Å²) in [6.45, 7) is 2.50. The maximum atomic E-state index is 12.5. The van der Waals surface area contributed by atoms with E-state index in [0.717, 1.165) is 25.7 Å². The zero-order valence-electron chi connectivity index (χ0n) is 10.1. The van der Waals surface area contributed by atoms with Crippen LogP contribution < -0.4 is 0 Å². The van der Waals surface area contributed by atoms with Crippen LogP contribution in [0.25, 0.3) is 0 Å². The van der Waals surface area contributed by atoms with Gasteiger partial charge >= 0.3 is 5.97 Å². The summed E-state index contributed by atoms with van der Waals surface area (Å²) in [6, 6.07) is -0.625. The van der Waals surface area contributed by atoms with E-state index in [9.17, 15) is 9.59 Å². The van der Waals surface area contributed by atoms with Crippen molar-refractivity contribution < 1.29 is 14.7 Å². The number of hydrogen-bond donors (Lipinski definition) is 2. The minimum atomic E-state index is -0.881. The second-order valence-corrected chi connectivity index (χ2v) is 5.94. The van der Waals surface area contributed by atoms with Crippen LogP contribution in [0, 0.1) is 5.41 Å². The van der Waals surface area contributed by atoms with Crippen LogP contribution in [0.2, 0.25) is 0 Å². The molecule has 0 aromatic heterocycles. The lowest BCUT2D eigenvalue weighted by molar-refractivity contribution is -0.152. The topological polar surface area (TPSA) is 57.6 Å². The summed E-state index contributed by atoms with van der Waals surface area (Å²) in [5.41, 5.74) is -0.471. The number of thiol groups is 1. The van der Waals surface area contributed by atoms with Crippen molar-refractivity contribution >= 4 is 24.5 Å². The van der Waals surface area contributed by atoms with E-state index >= 15 is 0 Å². The van der Waals surface area contributed by atoms with E-state index in [0.29, 0.717) is 13.0 Å². The number of likely N-dealkylation sites (tertiary alicyclic amines) is 1. The van der Waals surface area contributed by atoms with Crippen molar-refractivity contribution in [3.8, 4) is 0 Å². The minimum absolute atomic E-state index is 0.0140. The zero-order valence-corrected chi connectivity index (χ0v) is 10.9. The van der Waals surface area contributed by atoms with Gasteiger partial charge in [-0.1, -0.05) is 6.42 Å². The third kappa shape index (κ3) is 2.05. The summed E-state index contributed by atoms with van der Waals surface area (Å²) in [7, 11) is 0. The van der Waals surface area contributed by atoms with E-state index in [1.807, 2.05) is 6.92 Å². The SMILES string of the molecule is CC1(C(=O)N2CCC[C@H]2C(=O)O)CCCC1S. The van der Waals surface area contributed by atoms with Crippen molar-refractivity contribution in [2.75, 3.05) is 6.54 Å². The summed E-state index contributed by atoms with van der Waals surface area (Å²) in [5, 5.41) is 9.17. The highest BCUT2D eigenvalue weighted by Crippen LogP contribution is 2.43. The molecular weight excluding hydrogens is 238 g/mol. The molecule has 1 N–H and O–H groups in total. The van der Waals surface area contributed by atoms with Crippen LogP contribution in [0.4, 0.5) is 0 Å². The fraction of sp³-hybridized carbons (Fsp3) is 0.833. The Hall–Kier alpha value is -0.710. The highest BCUT2D eigenvalue weighted by atomic mass is 32.1. The number of amides is 1. The van der Waals surface area contributed by atoms with E-state index in [1.54, 1.807) is 4.90 Å². The molecule has 0 bridgehead atoms. The quantitative estimate of drug-likeness (QED) is 0.738. The Morgan fingerprint density at radius 3 is 2.59 bits per heavy atom. The number of hydrogen-bond acceptors (Lipinski definition) is 3. The number of carbonyl (C=O) groups excluding carboxylic acids is 1. The maximum absolute atomic E-state index is 12.5. The van der Waals surface area contributed by atoms with Gasteiger partial charge in [-0.3, -0.25) is 4.79 Å². The molecule has 0 aromatic carbocycles. The molecule has 2 aliphatic rings. The number of carbonyl (C=O) groups is 2. The molecule has 0 spiro atoms. The predicted molar refractivity (Wildman–Crippen MR) is 67.1 cm³/mol. The van der Waals surface area contributed by atoms with Crippen LogP contribution >= 0.6 is 12.6 Å². The first kappa shape index (κ1) is 12.7. The third-order valence-corrected chi connectivity index (χ3v) is 5.02. The van der Waals surface area contributed by atoms with Gasteiger partial charge in [0.15, 0.2) is 0 Å². The second kappa shape index (κ2) is 4.52. The summed E-state index contributed by atoms with van der Waals surface area (Å²) >= 11 is 4.49. The normalized spacial score (nSPS) is 37.4. The Kier molecular flexibility index (Phi) is 3.39. The zero-order chi connectivity index (χ0) is 12.6. The predicted octanol–water partition coefficient (Wildman–Crippen LogP) is 1.55. The summed E-state index contributed by atoms with van der Waals surface area (Å²) in [4.78, 5) is 25.2. The average molecular weight is 257 g/mol. The summed E-state index contributed by atoms with van der Waals surface area (Å²) in [5.74, 6) is -0.895. The molecule has 2 fully saturated rings. The summed E-state index contributed by atoms with van der Waals surface area (Å²) < 4.78 is 0. The Bertz CT molecular complexity index is 347. The highest BCUT2D eigenvalue weighted by molar-refractivity contribution is 7.81. The van der Waals surface area contributed by atoms with Crippen LogP contribution in [-0.4, -0.2) is 39.7 Å². The number of carboxylic acids is 1. The monoisotopic (exact) mass is 257 g/mol. The molecule has 5 heteroatoms. The average Bonchev–Trinajstić information content (AvgIpc) is 2.86. The van der Waals surface area contributed by atoms with Gasteiger partial charge in [-0.25, -0.2) is 4.79 Å². The molecule has 1 aliphatic carbocycles. The molecular formula is C12H19NO3S. The lowest BCUT2D eigenvalue weighted by atomic mass is 9.86. The van der Waals surface area contributed by atoms with Gasteiger partial charge in [0, 0.05) is 11.8 Å². The van der Waals surface area contributed by atoms with Crippen LogP contribution in [0.5, 0.6) is 0 Å². The second-order valence-electron chi connectivity index (χ2n) is 5.32. The van der Waals surface area contributed by atoms with Crippen molar-refractivity contribution in [2.24, 2.45) is 5.41 Å². The van der Waals surface area contributed by atoms with E-state index in [1.165, 1.54) is 0 Å². The lowest BCUT2D eigenvalue weighted by Gasteiger charge is -2.34. The first-order valence-corrected chi connectivity index (χ1v) is 6.70. The number of carboxylic acid groups (broad SMARTS) is 1. The standard InChI is InChI=1S/C12H19NO3S/c1-12(6-2-5-9(12)17)11(16)13-7-3-4-8(13)10(14)15/h8-9,17H,2-7H2,1H3,(H,14,15)/t8-,9?,12?/m0/s1. The molecule has 2 rings (SSSR count). The van der Waals surface area contributed by atoms with Gasteiger partial charge in [-0.15, -0.1) is 0 Å². The molecule has 3 atom stereocenters. The summed E-state index contributed by atoms with van der Waals surface area (Å²) in [6.07, 6.45) is 4.13. The molecule has 1 aliphatic heterocycles. The van der Waals surface area contributed by atoms with Crippen molar-refractivity contribution in [3.05, 3.63) is 0 Å². The molecule has 1 saturated heterocycles. The van der Waals surface area contributed by atoms with Gasteiger partial charge in [0.25, 0.3) is 0 Å². The van der Waals surface area contributed by atoms with E-state index < -0.39 is 17.4 Å². The third-order valence-electron chi connectivity index (χ3n) is 4.20. The van der Waals surface area contributed by atoms with Crippen LogP contribution in [0.3, 0.4) is 0 Å². The highest BCUT2D eigenvalue weighted by Gasteiger charge is 2.48. The molecule has 17 heavy (non-hydrogen) atoms. The Morgan fingerprint density at radius 1 is 1.35 bits per heavy atom. The Balaban J connectivity index is 2.17. The molecule has 1 amide bonds. The molecule has 4 nitrogen and oxygen atoms in total. The van der Waals surface area contributed by atoms with E-state index in [4.69, 9.17) is 5.11 Å². The van der Waals surface area contributed by atoms with Gasteiger partial charge in [0.2, 0.25) is 5.91 Å². The maximum Gasteiger partial charge on any atom is 0.326 e. The number of rotatable bonds is 2. The molecule has 0 radical (unpaired) electrons. The Morgan fingerprint density at radius 2 is 2.06 bits per heavy atom. The fourth-order valence-electron chi connectivity index (χ4n) is 2.99. The first-order chi connectivity index (χ1) is 7.97. The molecule has 2 unspecified atom stereocenters. The van der Waals surface area contributed by atoms with E-state index in [2.05, 4.69) is 12.6 Å². The van der Waals surface area contributed by atoms with Crippen molar-refractivity contribution in [1.82, 2.24) is 4.90 Å². The minimum Gasteiger partial charge on any atom is -0.480 e. The van der Waals surface area contributed by atoms with Gasteiger partial charge in [-0.05, 0) is 32.6 Å². The Labute approximate surface area is 107 Å². The van der Waals surface area contributed by atoms with E-state index in [-0.39, 0.29) is 11.2 Å². The molecule has 0 aromatic rings. The van der Waals surface area contributed by atoms with Crippen molar-refractivity contribution in [2.45, 2.75) is 50.3 Å². The number of aliphatic carboxylic acids is 1. The van der Waals surface area contributed by atoms with Crippen LogP contribution in [-0.2, 0) is 9.59 Å². The van der Waals surface area contributed by atoms with Crippen molar-refractivity contribution in [3.63, 3.8) is 0 Å². The van der Waals surface area contributed by atoms with Crippen LogP contribution in [0.1, 0.15) is 39.0 Å². The molecule has 1 saturated carbocycles. The van der Waals surface area contributed by atoms with Gasteiger partial charge in [-0.2, -0.15) is 12.6 Å². The molecule has 1 heterocycles. The molecule has 96 valence electrons. The van der Waals surface area contributed by atoms with Crippen LogP contribution in [0.15, 0.2) is 0 Å². The first-order valence-electron chi connectivity index (χ1n) is 6.19. The number of nitrogens with zero attached hydrogens (tertiary/aromatic N) is 1. The van der Waals surface area contributed by atoms with Gasteiger partial charge in [0.1, 0.15) is 6.04 Å². The van der Waals surface area contributed by atoms with Crippen molar-refractivity contribution in [1.29, 1.82) is 0 Å². The lowest BCUT2D eigenvalue weighted by Crippen LogP contribution is -2.49. The largest absolute Gasteiger partial charge is 0.480 e. The van der Waals surface area contributed by atoms with Gasteiger partial charge in [0.05, 0.1) is 5.41 Å². The smallest absolute Gasteiger partial charge is 0.326 e.